The van der Waals surface area contributed by atoms with Crippen molar-refractivity contribution < 1.29 is 14.3 Å². The maximum atomic E-state index is 11.8. The van der Waals surface area contributed by atoms with Crippen LogP contribution in [-0.4, -0.2) is 45.0 Å². The fourth-order valence-electron chi connectivity index (χ4n) is 1.04. The van der Waals surface area contributed by atoms with E-state index in [0.717, 1.165) is 12.8 Å². The zero-order chi connectivity index (χ0) is 13.1. The van der Waals surface area contributed by atoms with Crippen molar-refractivity contribution in [2.24, 2.45) is 5.10 Å². The first-order valence-corrected chi connectivity index (χ1v) is 5.68. The molecule has 5 heteroatoms. The van der Waals surface area contributed by atoms with Gasteiger partial charge in [-0.2, -0.15) is 5.10 Å². The molecule has 0 aromatic heterocycles. The molecule has 0 amide bonds. The summed E-state index contributed by atoms with van der Waals surface area (Å²) < 4.78 is 10.00. The van der Waals surface area contributed by atoms with Crippen LogP contribution in [-0.2, 0) is 14.3 Å². The van der Waals surface area contributed by atoms with Crippen molar-refractivity contribution in [2.45, 2.75) is 26.2 Å². The van der Waals surface area contributed by atoms with E-state index in [1.54, 1.807) is 25.2 Å². The number of ketones is 1. The van der Waals surface area contributed by atoms with E-state index in [0.29, 0.717) is 12.2 Å². The van der Waals surface area contributed by atoms with E-state index in [1.165, 1.54) is 13.3 Å². The summed E-state index contributed by atoms with van der Waals surface area (Å²) in [5.74, 6) is 0.278. The zero-order valence-corrected chi connectivity index (χ0v) is 11.1. The van der Waals surface area contributed by atoms with E-state index in [4.69, 9.17) is 9.47 Å². The topological polar surface area (TPSA) is 51.1 Å². The van der Waals surface area contributed by atoms with Crippen molar-refractivity contribution in [1.82, 2.24) is 5.01 Å². The lowest BCUT2D eigenvalue weighted by atomic mass is 10.1. The molecule has 5 nitrogen and oxygen atoms in total. The third-order valence-electron chi connectivity index (χ3n) is 1.89. The molecule has 0 saturated heterocycles. The van der Waals surface area contributed by atoms with E-state index in [-0.39, 0.29) is 12.6 Å². The second kappa shape index (κ2) is 9.84. The third-order valence-corrected chi connectivity index (χ3v) is 1.89. The minimum atomic E-state index is -0.0193. The van der Waals surface area contributed by atoms with Gasteiger partial charge in [0.25, 0.3) is 0 Å². The van der Waals surface area contributed by atoms with Crippen molar-refractivity contribution in [3.63, 3.8) is 0 Å². The molecule has 0 N–H and O–H groups in total. The van der Waals surface area contributed by atoms with Crippen molar-refractivity contribution in [3.8, 4) is 0 Å². The molecule has 0 radical (unpaired) electrons. The number of hydrazone groups is 1. The lowest BCUT2D eigenvalue weighted by Crippen LogP contribution is -2.09. The monoisotopic (exact) mass is 242 g/mol. The van der Waals surface area contributed by atoms with Crippen LogP contribution in [0.15, 0.2) is 16.9 Å². The number of rotatable bonds is 9. The van der Waals surface area contributed by atoms with Crippen LogP contribution >= 0.6 is 0 Å². The summed E-state index contributed by atoms with van der Waals surface area (Å²) in [6, 6.07) is 0. The Balaban J connectivity index is 4.45. The molecule has 98 valence electrons. The molecule has 0 heterocycles. The van der Waals surface area contributed by atoms with Gasteiger partial charge in [0.1, 0.15) is 0 Å². The first kappa shape index (κ1) is 15.6. The van der Waals surface area contributed by atoms with E-state index < -0.39 is 0 Å². The fraction of sp³-hybridized carbons (Fsp3) is 0.667. The molecular formula is C12H22N2O3. The quantitative estimate of drug-likeness (QED) is 0.203. The molecule has 0 fully saturated rings. The average Bonchev–Trinajstić information content (AvgIpc) is 2.30. The molecule has 0 atom stereocenters. The van der Waals surface area contributed by atoms with Crippen LogP contribution in [0.25, 0.3) is 0 Å². The first-order chi connectivity index (χ1) is 8.11. The summed E-state index contributed by atoms with van der Waals surface area (Å²) in [6.45, 7) is 2.11. The number of ether oxygens (including phenoxy) is 2. The highest BCUT2D eigenvalue weighted by Gasteiger charge is 2.09. The first-order valence-electron chi connectivity index (χ1n) is 5.68. The number of carbonyl (C=O) groups is 1. The van der Waals surface area contributed by atoms with Crippen LogP contribution in [0.5, 0.6) is 0 Å². The van der Waals surface area contributed by atoms with Gasteiger partial charge in [-0.3, -0.25) is 4.79 Å². The third kappa shape index (κ3) is 8.45. The SMILES string of the molecule is CCCCC(=O)/C(=C/C=N/N(C)C)OCOC. The summed E-state index contributed by atoms with van der Waals surface area (Å²) in [4.78, 5) is 11.8. The molecule has 0 aliphatic heterocycles. The molecule has 0 aliphatic rings. The van der Waals surface area contributed by atoms with E-state index in [1.807, 2.05) is 6.92 Å². The minimum absolute atomic E-state index is 0.0193. The highest BCUT2D eigenvalue weighted by Crippen LogP contribution is 2.06. The summed E-state index contributed by atoms with van der Waals surface area (Å²) in [6.07, 6.45) is 5.43. The maximum Gasteiger partial charge on any atom is 0.197 e. The minimum Gasteiger partial charge on any atom is -0.464 e. The second-order valence-corrected chi connectivity index (χ2v) is 3.72. The van der Waals surface area contributed by atoms with E-state index >= 15 is 0 Å². The van der Waals surface area contributed by atoms with Crippen LogP contribution in [0.1, 0.15) is 26.2 Å². The highest BCUT2D eigenvalue weighted by molar-refractivity contribution is 5.96. The Hall–Kier alpha value is -1.36. The smallest absolute Gasteiger partial charge is 0.197 e. The van der Waals surface area contributed by atoms with Crippen LogP contribution in [0, 0.1) is 0 Å². The molecule has 0 aliphatic carbocycles. The predicted octanol–water partition coefficient (Wildman–Crippen LogP) is 1.80. The summed E-state index contributed by atoms with van der Waals surface area (Å²) in [7, 11) is 5.12. The number of methoxy groups -OCH3 is 1. The van der Waals surface area contributed by atoms with Crippen LogP contribution < -0.4 is 0 Å². The Morgan fingerprint density at radius 2 is 2.12 bits per heavy atom. The molecule has 0 rings (SSSR count). The van der Waals surface area contributed by atoms with Gasteiger partial charge < -0.3 is 14.5 Å². The predicted molar refractivity (Wildman–Crippen MR) is 67.8 cm³/mol. The Bertz CT molecular complexity index is 273. The average molecular weight is 242 g/mol. The van der Waals surface area contributed by atoms with Crippen molar-refractivity contribution in [1.29, 1.82) is 0 Å². The van der Waals surface area contributed by atoms with Crippen molar-refractivity contribution in [3.05, 3.63) is 11.8 Å². The van der Waals surface area contributed by atoms with Crippen LogP contribution in [0.2, 0.25) is 0 Å². The van der Waals surface area contributed by atoms with E-state index in [2.05, 4.69) is 5.10 Å². The molecule has 0 aromatic rings. The molecule has 0 spiro atoms. The Morgan fingerprint density at radius 3 is 2.65 bits per heavy atom. The number of carbonyl (C=O) groups excluding carboxylic acids is 1. The van der Waals surface area contributed by atoms with Gasteiger partial charge in [0.05, 0.1) is 6.21 Å². The number of allylic oxidation sites excluding steroid dienone is 2. The Kier molecular flexibility index (Phi) is 9.05. The summed E-state index contributed by atoms with van der Waals surface area (Å²) in [5.41, 5.74) is 0. The van der Waals surface area contributed by atoms with Gasteiger partial charge in [0.15, 0.2) is 18.3 Å². The molecule has 0 unspecified atom stereocenters. The zero-order valence-electron chi connectivity index (χ0n) is 11.1. The van der Waals surface area contributed by atoms with Gasteiger partial charge >= 0.3 is 0 Å². The lowest BCUT2D eigenvalue weighted by Gasteiger charge is -2.07. The molecular weight excluding hydrogens is 220 g/mol. The largest absolute Gasteiger partial charge is 0.464 e. The maximum absolute atomic E-state index is 11.8. The van der Waals surface area contributed by atoms with Crippen LogP contribution in [0.4, 0.5) is 0 Å². The van der Waals surface area contributed by atoms with Crippen LogP contribution in [0.3, 0.4) is 0 Å². The number of nitrogens with zero attached hydrogens (tertiary/aromatic N) is 2. The van der Waals surface area contributed by atoms with Gasteiger partial charge in [0, 0.05) is 33.7 Å². The molecule has 17 heavy (non-hydrogen) atoms. The number of unbranched alkanes of at least 4 members (excludes halogenated alkanes) is 1. The standard InChI is InChI=1S/C12H22N2O3/c1-5-6-7-11(15)12(17-10-16-4)8-9-13-14(2)3/h8-9H,5-7,10H2,1-4H3/b12-8-,13-9+. The van der Waals surface area contributed by atoms with Gasteiger partial charge in [0.2, 0.25) is 0 Å². The van der Waals surface area contributed by atoms with Crippen molar-refractivity contribution >= 4 is 12.0 Å². The fourth-order valence-corrected chi connectivity index (χ4v) is 1.04. The summed E-state index contributed by atoms with van der Waals surface area (Å²) in [5, 5.41) is 5.63. The molecule has 0 saturated carbocycles. The second-order valence-electron chi connectivity index (χ2n) is 3.72. The van der Waals surface area contributed by atoms with E-state index in [9.17, 15) is 4.79 Å². The summed E-state index contributed by atoms with van der Waals surface area (Å²) >= 11 is 0. The van der Waals surface area contributed by atoms with Gasteiger partial charge in [-0.25, -0.2) is 0 Å². The number of hydrogen-bond acceptors (Lipinski definition) is 5. The normalized spacial score (nSPS) is 11.9. The van der Waals surface area contributed by atoms with Gasteiger partial charge in [-0.05, 0) is 6.42 Å². The number of hydrogen-bond donors (Lipinski definition) is 0. The van der Waals surface area contributed by atoms with Gasteiger partial charge in [-0.1, -0.05) is 13.3 Å². The van der Waals surface area contributed by atoms with Crippen molar-refractivity contribution in [2.75, 3.05) is 28.0 Å². The molecule has 0 aromatic carbocycles. The number of Topliss-reactive ketones (excluding diaryl/α,β-unsaturated/α-hetero) is 1. The molecule has 0 bridgehead atoms. The highest BCUT2D eigenvalue weighted by atomic mass is 16.7. The lowest BCUT2D eigenvalue weighted by molar-refractivity contribution is -0.121. The Morgan fingerprint density at radius 1 is 1.41 bits per heavy atom. The Labute approximate surface area is 103 Å². The van der Waals surface area contributed by atoms with Gasteiger partial charge in [-0.15, -0.1) is 0 Å².